The van der Waals surface area contributed by atoms with Gasteiger partial charge in [-0.1, -0.05) is 0 Å². The molecule has 1 aliphatic heterocycles. The Balaban J connectivity index is 0.00000144. The number of Topliss-reactive ketones (excluding diaryl/α,β-unsaturated/α-hetero) is 1. The summed E-state index contributed by atoms with van der Waals surface area (Å²) in [6.45, 7) is 3.41. The van der Waals surface area contributed by atoms with E-state index in [2.05, 4.69) is 4.90 Å². The molecule has 0 atom stereocenters. The van der Waals surface area contributed by atoms with Crippen molar-refractivity contribution in [3.63, 3.8) is 0 Å². The topological polar surface area (TPSA) is 55.6 Å². The SMILES string of the molecule is Cl.Cl.NCC(=O)c1ccc(N2CCOCC2)cc1. The number of ether oxygens (including phenoxy) is 1. The minimum Gasteiger partial charge on any atom is -0.378 e. The largest absolute Gasteiger partial charge is 0.378 e. The summed E-state index contributed by atoms with van der Waals surface area (Å²) < 4.78 is 5.29. The number of carbonyl (C=O) groups is 1. The second kappa shape index (κ2) is 8.32. The molecule has 1 fully saturated rings. The molecule has 4 nitrogen and oxygen atoms in total. The summed E-state index contributed by atoms with van der Waals surface area (Å²) in [5.41, 5.74) is 7.12. The van der Waals surface area contributed by atoms with Gasteiger partial charge < -0.3 is 15.4 Å². The van der Waals surface area contributed by atoms with E-state index in [4.69, 9.17) is 10.5 Å². The third-order valence-electron chi connectivity index (χ3n) is 2.75. The van der Waals surface area contributed by atoms with Crippen molar-refractivity contribution in [2.24, 2.45) is 5.73 Å². The number of benzene rings is 1. The third-order valence-corrected chi connectivity index (χ3v) is 2.75. The Kier molecular flexibility index (Phi) is 7.95. The Labute approximate surface area is 119 Å². The molecule has 1 aliphatic rings. The van der Waals surface area contributed by atoms with Crippen molar-refractivity contribution >= 4 is 36.3 Å². The van der Waals surface area contributed by atoms with Crippen molar-refractivity contribution in [3.8, 4) is 0 Å². The van der Waals surface area contributed by atoms with Gasteiger partial charge in [0, 0.05) is 24.3 Å². The molecule has 0 radical (unpaired) electrons. The fraction of sp³-hybridized carbons (Fsp3) is 0.417. The van der Waals surface area contributed by atoms with Gasteiger partial charge in [0.25, 0.3) is 0 Å². The summed E-state index contributed by atoms with van der Waals surface area (Å²) in [6.07, 6.45) is 0. The zero-order valence-corrected chi connectivity index (χ0v) is 11.6. The van der Waals surface area contributed by atoms with Crippen LogP contribution in [0.25, 0.3) is 0 Å². The van der Waals surface area contributed by atoms with E-state index in [9.17, 15) is 4.79 Å². The van der Waals surface area contributed by atoms with E-state index in [1.165, 1.54) is 0 Å². The lowest BCUT2D eigenvalue weighted by Crippen LogP contribution is -2.36. The molecule has 0 spiro atoms. The number of morpholine rings is 1. The molecule has 0 unspecified atom stereocenters. The Bertz CT molecular complexity index is 365. The van der Waals surface area contributed by atoms with Crippen molar-refractivity contribution in [2.75, 3.05) is 37.7 Å². The highest BCUT2D eigenvalue weighted by atomic mass is 35.5. The third kappa shape index (κ3) is 4.14. The first-order valence-corrected chi connectivity index (χ1v) is 5.47. The number of nitrogens with zero attached hydrogens (tertiary/aromatic N) is 1. The zero-order valence-electron chi connectivity index (χ0n) is 10.0. The van der Waals surface area contributed by atoms with E-state index < -0.39 is 0 Å². The number of rotatable bonds is 3. The van der Waals surface area contributed by atoms with Gasteiger partial charge in [0.15, 0.2) is 5.78 Å². The van der Waals surface area contributed by atoms with Crippen LogP contribution in [0, 0.1) is 0 Å². The van der Waals surface area contributed by atoms with Gasteiger partial charge in [-0.2, -0.15) is 0 Å². The van der Waals surface area contributed by atoms with E-state index in [0.717, 1.165) is 32.0 Å². The minimum absolute atomic E-state index is 0. The van der Waals surface area contributed by atoms with Gasteiger partial charge in [0.05, 0.1) is 19.8 Å². The molecule has 18 heavy (non-hydrogen) atoms. The molecule has 1 aromatic carbocycles. The molecule has 0 aromatic heterocycles. The van der Waals surface area contributed by atoms with Crippen molar-refractivity contribution in [3.05, 3.63) is 29.8 Å². The van der Waals surface area contributed by atoms with Crippen molar-refractivity contribution < 1.29 is 9.53 Å². The van der Waals surface area contributed by atoms with Crippen molar-refractivity contribution in [1.82, 2.24) is 0 Å². The lowest BCUT2D eigenvalue weighted by Gasteiger charge is -2.28. The van der Waals surface area contributed by atoms with Gasteiger partial charge in [-0.3, -0.25) is 4.79 Å². The van der Waals surface area contributed by atoms with Crippen LogP contribution in [0.5, 0.6) is 0 Å². The maximum atomic E-state index is 11.3. The zero-order chi connectivity index (χ0) is 11.4. The molecule has 1 aromatic rings. The molecule has 6 heteroatoms. The smallest absolute Gasteiger partial charge is 0.176 e. The number of halogens is 2. The highest BCUT2D eigenvalue weighted by Gasteiger charge is 2.11. The van der Waals surface area contributed by atoms with E-state index >= 15 is 0 Å². The van der Waals surface area contributed by atoms with Crippen LogP contribution in [-0.4, -0.2) is 38.6 Å². The van der Waals surface area contributed by atoms with Crippen LogP contribution in [0.2, 0.25) is 0 Å². The quantitative estimate of drug-likeness (QED) is 0.858. The second-order valence-electron chi connectivity index (χ2n) is 3.77. The van der Waals surface area contributed by atoms with Crippen LogP contribution >= 0.6 is 24.8 Å². The summed E-state index contributed by atoms with van der Waals surface area (Å²) in [4.78, 5) is 13.6. The Hall–Kier alpha value is -0.810. The van der Waals surface area contributed by atoms with E-state index in [-0.39, 0.29) is 37.1 Å². The predicted molar refractivity (Wildman–Crippen MR) is 77.4 cm³/mol. The molecule has 102 valence electrons. The van der Waals surface area contributed by atoms with Crippen LogP contribution in [-0.2, 0) is 4.74 Å². The number of nitrogens with two attached hydrogens (primary N) is 1. The molecule has 0 aliphatic carbocycles. The first-order chi connectivity index (χ1) is 7.81. The monoisotopic (exact) mass is 292 g/mol. The standard InChI is InChI=1S/C12H16N2O2.2ClH/c13-9-12(15)10-1-3-11(4-2-10)14-5-7-16-8-6-14;;/h1-4H,5-9,13H2;2*1H. The van der Waals surface area contributed by atoms with E-state index in [1.807, 2.05) is 24.3 Å². The van der Waals surface area contributed by atoms with E-state index in [0.29, 0.717) is 5.56 Å². The van der Waals surface area contributed by atoms with Crippen LogP contribution in [0.3, 0.4) is 0 Å². The van der Waals surface area contributed by atoms with Gasteiger partial charge in [-0.25, -0.2) is 0 Å². The van der Waals surface area contributed by atoms with Crippen LogP contribution in [0.4, 0.5) is 5.69 Å². The second-order valence-corrected chi connectivity index (χ2v) is 3.77. The molecule has 1 saturated heterocycles. The summed E-state index contributed by atoms with van der Waals surface area (Å²) in [7, 11) is 0. The Morgan fingerprint density at radius 1 is 1.17 bits per heavy atom. The lowest BCUT2D eigenvalue weighted by atomic mass is 10.1. The number of ketones is 1. The highest BCUT2D eigenvalue weighted by Crippen LogP contribution is 2.16. The molecular weight excluding hydrogens is 275 g/mol. The first kappa shape index (κ1) is 17.2. The van der Waals surface area contributed by atoms with E-state index in [1.54, 1.807) is 0 Å². The molecule has 2 rings (SSSR count). The number of carbonyl (C=O) groups excluding carboxylic acids is 1. The Morgan fingerprint density at radius 3 is 2.22 bits per heavy atom. The van der Waals surface area contributed by atoms with Crippen molar-refractivity contribution in [2.45, 2.75) is 0 Å². The van der Waals surface area contributed by atoms with Crippen LogP contribution < -0.4 is 10.6 Å². The van der Waals surface area contributed by atoms with Crippen LogP contribution in [0.15, 0.2) is 24.3 Å². The average Bonchev–Trinajstić information content (AvgIpc) is 2.39. The average molecular weight is 293 g/mol. The summed E-state index contributed by atoms with van der Waals surface area (Å²) in [5.74, 6) is -0.0199. The molecular formula is C12H18Cl2N2O2. The highest BCUT2D eigenvalue weighted by molar-refractivity contribution is 5.97. The van der Waals surface area contributed by atoms with Gasteiger partial charge in [0.1, 0.15) is 0 Å². The van der Waals surface area contributed by atoms with Gasteiger partial charge >= 0.3 is 0 Å². The lowest BCUT2D eigenvalue weighted by molar-refractivity contribution is 0.100. The van der Waals surface area contributed by atoms with Gasteiger partial charge in [-0.15, -0.1) is 24.8 Å². The molecule has 0 amide bonds. The molecule has 2 N–H and O–H groups in total. The molecule has 0 bridgehead atoms. The van der Waals surface area contributed by atoms with Crippen molar-refractivity contribution in [1.29, 1.82) is 0 Å². The summed E-state index contributed by atoms with van der Waals surface area (Å²) >= 11 is 0. The van der Waals surface area contributed by atoms with Crippen LogP contribution in [0.1, 0.15) is 10.4 Å². The molecule has 1 heterocycles. The number of anilines is 1. The molecule has 0 saturated carbocycles. The summed E-state index contributed by atoms with van der Waals surface area (Å²) in [6, 6.07) is 7.60. The maximum absolute atomic E-state index is 11.3. The predicted octanol–water partition coefficient (Wildman–Crippen LogP) is 1.51. The number of hydrogen-bond acceptors (Lipinski definition) is 4. The fourth-order valence-corrected chi connectivity index (χ4v) is 1.80. The Morgan fingerprint density at radius 2 is 1.72 bits per heavy atom. The van der Waals surface area contributed by atoms with Gasteiger partial charge in [-0.05, 0) is 24.3 Å². The summed E-state index contributed by atoms with van der Waals surface area (Å²) in [5, 5.41) is 0. The first-order valence-electron chi connectivity index (χ1n) is 5.47. The maximum Gasteiger partial charge on any atom is 0.176 e. The minimum atomic E-state index is -0.0199. The van der Waals surface area contributed by atoms with Gasteiger partial charge in [0.2, 0.25) is 0 Å². The fourth-order valence-electron chi connectivity index (χ4n) is 1.80. The normalized spacial score (nSPS) is 14.4. The number of hydrogen-bond donors (Lipinski definition) is 1.